The highest BCUT2D eigenvalue weighted by molar-refractivity contribution is 5.93. The van der Waals surface area contributed by atoms with Crippen LogP contribution in [0.1, 0.15) is 5.56 Å². The van der Waals surface area contributed by atoms with Crippen LogP contribution in [-0.2, 0) is 6.18 Å². The molecule has 0 aliphatic carbocycles. The summed E-state index contributed by atoms with van der Waals surface area (Å²) in [6.45, 7) is 3.85. The second-order valence-electron chi connectivity index (χ2n) is 8.47. The van der Waals surface area contributed by atoms with Gasteiger partial charge in [0.2, 0.25) is 0 Å². The zero-order chi connectivity index (χ0) is 24.6. The van der Waals surface area contributed by atoms with E-state index in [4.69, 9.17) is 0 Å². The highest BCUT2D eigenvalue weighted by Crippen LogP contribution is 2.34. The second-order valence-corrected chi connectivity index (χ2v) is 8.47. The smallest absolute Gasteiger partial charge is 0.354 e. The second kappa shape index (κ2) is 9.10. The normalized spacial score (nSPS) is 14.9. The van der Waals surface area contributed by atoms with E-state index in [9.17, 15) is 17.6 Å². The number of benzene rings is 2. The van der Waals surface area contributed by atoms with E-state index in [0.717, 1.165) is 55.3 Å². The third kappa shape index (κ3) is 4.88. The average Bonchev–Trinajstić information content (AvgIpc) is 2.85. The molecule has 10 heteroatoms. The Labute approximate surface area is 199 Å². The van der Waals surface area contributed by atoms with Crippen LogP contribution in [0.4, 0.5) is 34.9 Å². The Morgan fingerprint density at radius 3 is 2.34 bits per heavy atom. The summed E-state index contributed by atoms with van der Waals surface area (Å²) in [6.07, 6.45) is -1.48. The van der Waals surface area contributed by atoms with Gasteiger partial charge in [0.25, 0.3) is 0 Å². The van der Waals surface area contributed by atoms with Crippen LogP contribution >= 0.6 is 0 Å². The largest absolute Gasteiger partial charge is 0.416 e. The quantitative estimate of drug-likeness (QED) is 0.396. The SMILES string of the molecule is CN1CCN(c2ccc(-c3ccc4c(Nc5cc(C(F)(F)F)ccc5F)ncnc4c3)cn2)CC1. The van der Waals surface area contributed by atoms with Gasteiger partial charge in [-0.15, -0.1) is 0 Å². The number of pyridine rings is 1. The van der Waals surface area contributed by atoms with Crippen molar-refractivity contribution in [1.82, 2.24) is 19.9 Å². The van der Waals surface area contributed by atoms with Crippen LogP contribution in [-0.4, -0.2) is 53.1 Å². The van der Waals surface area contributed by atoms with Crippen molar-refractivity contribution in [3.63, 3.8) is 0 Å². The average molecular weight is 482 g/mol. The van der Waals surface area contributed by atoms with Gasteiger partial charge in [0.05, 0.1) is 16.8 Å². The Morgan fingerprint density at radius 2 is 1.63 bits per heavy atom. The van der Waals surface area contributed by atoms with E-state index in [-0.39, 0.29) is 11.5 Å². The number of nitrogens with one attached hydrogen (secondary N) is 1. The number of fused-ring (bicyclic) bond motifs is 1. The Morgan fingerprint density at radius 1 is 0.857 bits per heavy atom. The lowest BCUT2D eigenvalue weighted by Gasteiger charge is -2.33. The number of hydrogen-bond acceptors (Lipinski definition) is 6. The van der Waals surface area contributed by atoms with Gasteiger partial charge in [-0.2, -0.15) is 13.2 Å². The highest BCUT2D eigenvalue weighted by Gasteiger charge is 2.31. The third-order valence-corrected chi connectivity index (χ3v) is 6.09. The first kappa shape index (κ1) is 23.0. The molecule has 0 unspecified atom stereocenters. The van der Waals surface area contributed by atoms with Crippen molar-refractivity contribution in [3.8, 4) is 11.1 Å². The van der Waals surface area contributed by atoms with Gasteiger partial charge >= 0.3 is 6.18 Å². The van der Waals surface area contributed by atoms with Crippen molar-refractivity contribution in [2.45, 2.75) is 6.18 Å². The monoisotopic (exact) mass is 482 g/mol. The summed E-state index contributed by atoms with van der Waals surface area (Å²) < 4.78 is 53.4. The molecule has 0 radical (unpaired) electrons. The Hall–Kier alpha value is -3.79. The summed E-state index contributed by atoms with van der Waals surface area (Å²) in [7, 11) is 2.11. The first-order valence-electron chi connectivity index (χ1n) is 11.1. The van der Waals surface area contributed by atoms with Crippen molar-refractivity contribution in [2.24, 2.45) is 0 Å². The van der Waals surface area contributed by atoms with Gasteiger partial charge in [-0.1, -0.05) is 6.07 Å². The van der Waals surface area contributed by atoms with Crippen molar-refractivity contribution >= 4 is 28.2 Å². The van der Waals surface area contributed by atoms with Crippen LogP contribution in [0.25, 0.3) is 22.0 Å². The topological polar surface area (TPSA) is 57.2 Å². The molecule has 0 bridgehead atoms. The van der Waals surface area contributed by atoms with Crippen LogP contribution < -0.4 is 10.2 Å². The summed E-state index contributed by atoms with van der Waals surface area (Å²) in [5, 5.41) is 3.24. The number of alkyl halides is 3. The molecule has 1 aliphatic rings. The summed E-state index contributed by atoms with van der Waals surface area (Å²) in [5.41, 5.74) is 1.09. The summed E-state index contributed by atoms with van der Waals surface area (Å²) in [6, 6.07) is 11.7. The van der Waals surface area contributed by atoms with Crippen LogP contribution in [0.3, 0.4) is 0 Å². The maximum absolute atomic E-state index is 14.2. The molecule has 4 aromatic rings. The van der Waals surface area contributed by atoms with Gasteiger partial charge in [-0.25, -0.2) is 19.3 Å². The van der Waals surface area contributed by atoms with Crippen molar-refractivity contribution in [1.29, 1.82) is 0 Å². The zero-order valence-corrected chi connectivity index (χ0v) is 18.8. The van der Waals surface area contributed by atoms with Gasteiger partial charge < -0.3 is 15.1 Å². The first-order valence-corrected chi connectivity index (χ1v) is 11.1. The lowest BCUT2D eigenvalue weighted by molar-refractivity contribution is -0.137. The van der Waals surface area contributed by atoms with E-state index in [2.05, 4.69) is 37.1 Å². The molecule has 1 fully saturated rings. The number of nitrogens with zero attached hydrogens (tertiary/aromatic N) is 5. The number of piperazine rings is 1. The molecule has 1 saturated heterocycles. The molecule has 2 aromatic carbocycles. The van der Waals surface area contributed by atoms with Crippen LogP contribution in [0.5, 0.6) is 0 Å². The Bertz CT molecular complexity index is 1350. The zero-order valence-electron chi connectivity index (χ0n) is 18.8. The number of likely N-dealkylation sites (N-methyl/N-ethyl adjacent to an activating group) is 1. The van der Waals surface area contributed by atoms with E-state index in [1.54, 1.807) is 6.07 Å². The molecule has 1 N–H and O–H groups in total. The maximum atomic E-state index is 14.2. The summed E-state index contributed by atoms with van der Waals surface area (Å²) >= 11 is 0. The molecule has 0 spiro atoms. The van der Waals surface area contributed by atoms with Crippen LogP contribution in [0.2, 0.25) is 0 Å². The van der Waals surface area contributed by atoms with Gasteiger partial charge in [0, 0.05) is 43.3 Å². The van der Waals surface area contributed by atoms with Crippen molar-refractivity contribution < 1.29 is 17.6 Å². The number of aromatic nitrogens is 3. The molecule has 180 valence electrons. The number of anilines is 3. The molecule has 0 saturated carbocycles. The fourth-order valence-electron chi connectivity index (χ4n) is 4.04. The minimum absolute atomic E-state index is 0.211. The molecular weight excluding hydrogens is 460 g/mol. The van der Waals surface area contributed by atoms with E-state index in [0.29, 0.717) is 17.0 Å². The van der Waals surface area contributed by atoms with Gasteiger partial charge in [0.15, 0.2) is 0 Å². The molecule has 0 amide bonds. The van der Waals surface area contributed by atoms with E-state index in [1.807, 2.05) is 30.5 Å². The molecule has 0 atom stereocenters. The lowest BCUT2D eigenvalue weighted by atomic mass is 10.1. The fourth-order valence-corrected chi connectivity index (χ4v) is 4.04. The number of halogens is 4. The Balaban J connectivity index is 1.41. The van der Waals surface area contributed by atoms with Gasteiger partial charge in [0.1, 0.15) is 23.8 Å². The van der Waals surface area contributed by atoms with Gasteiger partial charge in [-0.3, -0.25) is 0 Å². The highest BCUT2D eigenvalue weighted by atomic mass is 19.4. The molecule has 3 heterocycles. The predicted molar refractivity (Wildman–Crippen MR) is 127 cm³/mol. The molecule has 5 rings (SSSR count). The van der Waals surface area contributed by atoms with Crippen LogP contribution in [0, 0.1) is 5.82 Å². The minimum atomic E-state index is -4.58. The maximum Gasteiger partial charge on any atom is 0.416 e. The standard InChI is InChI=1S/C25H22F4N6/c1-34-8-10-35(11-9-34)23-7-3-17(14-30-23)16-2-5-19-21(12-16)31-15-32-24(19)33-22-13-18(25(27,28)29)4-6-20(22)26/h2-7,12-15H,8-11H2,1H3,(H,31,32,33). The molecule has 6 nitrogen and oxygen atoms in total. The van der Waals surface area contributed by atoms with Crippen LogP contribution in [0.15, 0.2) is 61.1 Å². The van der Waals surface area contributed by atoms with E-state index in [1.165, 1.54) is 6.33 Å². The predicted octanol–water partition coefficient (Wildman–Crippen LogP) is 5.35. The summed E-state index contributed by atoms with van der Waals surface area (Å²) in [4.78, 5) is 17.6. The van der Waals surface area contributed by atoms with E-state index < -0.39 is 17.6 Å². The lowest BCUT2D eigenvalue weighted by Crippen LogP contribution is -2.44. The molecule has 2 aromatic heterocycles. The van der Waals surface area contributed by atoms with Crippen molar-refractivity contribution in [2.75, 3.05) is 43.4 Å². The summed E-state index contributed by atoms with van der Waals surface area (Å²) in [5.74, 6) is 0.329. The molecular formula is C25H22F4N6. The molecule has 1 aliphatic heterocycles. The van der Waals surface area contributed by atoms with Crippen molar-refractivity contribution in [3.05, 3.63) is 72.4 Å². The fraction of sp³-hybridized carbons (Fsp3) is 0.240. The van der Waals surface area contributed by atoms with Gasteiger partial charge in [-0.05, 0) is 55.1 Å². The van der Waals surface area contributed by atoms with E-state index >= 15 is 0 Å². The Kier molecular flexibility index (Phi) is 5.98. The molecule has 35 heavy (non-hydrogen) atoms. The minimum Gasteiger partial charge on any atom is -0.354 e. The number of hydrogen-bond donors (Lipinski definition) is 1. The third-order valence-electron chi connectivity index (χ3n) is 6.09. The number of rotatable bonds is 4. The first-order chi connectivity index (χ1) is 16.8.